The van der Waals surface area contributed by atoms with Gasteiger partial charge in [0.15, 0.2) is 8.32 Å². The van der Waals surface area contributed by atoms with Gasteiger partial charge in [-0.05, 0) is 73.9 Å². The Balaban J connectivity index is 2.06. The molecule has 0 saturated heterocycles. The van der Waals surface area contributed by atoms with E-state index in [1.807, 2.05) is 6.92 Å². The largest absolute Gasteiger partial charge is 0.417 e. The zero-order valence-corrected chi connectivity index (χ0v) is 18.4. The summed E-state index contributed by atoms with van der Waals surface area (Å²) >= 11 is 0. The van der Waals surface area contributed by atoms with Gasteiger partial charge in [-0.3, -0.25) is 4.79 Å². The Morgan fingerprint density at radius 2 is 1.88 bits per heavy atom. The van der Waals surface area contributed by atoms with Crippen LogP contribution in [-0.2, 0) is 9.22 Å². The summed E-state index contributed by atoms with van der Waals surface area (Å²) in [5, 5.41) is 0.277. The minimum absolute atomic E-state index is 0.277. The molecule has 3 heteroatoms. The van der Waals surface area contributed by atoms with Crippen molar-refractivity contribution in [1.82, 2.24) is 0 Å². The molecule has 2 aliphatic rings. The summed E-state index contributed by atoms with van der Waals surface area (Å²) in [4.78, 5) is 12.1. The number of hydrogen-bond acceptors (Lipinski definition) is 2. The molecule has 0 amide bonds. The standard InChI is InChI=1S/C21H40O2Si/c1-15(14-23-24(7,8)20(3,4)5)18-11-12-19-17(16(2)22)10-9-13-21(18,19)6/h15,17-19H,9-14H2,1-8H3/t15?,17-,18?,19-,21+/m0/s1. The summed E-state index contributed by atoms with van der Waals surface area (Å²) in [7, 11) is -1.67. The molecule has 2 unspecified atom stereocenters. The molecule has 0 spiro atoms. The van der Waals surface area contributed by atoms with E-state index < -0.39 is 8.32 Å². The molecule has 2 rings (SSSR count). The van der Waals surface area contributed by atoms with Gasteiger partial charge in [-0.25, -0.2) is 0 Å². The molecule has 0 radical (unpaired) electrons. The summed E-state index contributed by atoms with van der Waals surface area (Å²) in [6.07, 6.45) is 6.18. The van der Waals surface area contributed by atoms with Crippen LogP contribution >= 0.6 is 0 Å². The van der Waals surface area contributed by atoms with Crippen molar-refractivity contribution in [3.05, 3.63) is 0 Å². The molecule has 2 aliphatic carbocycles. The van der Waals surface area contributed by atoms with Crippen molar-refractivity contribution < 1.29 is 9.22 Å². The normalized spacial score (nSPS) is 35.6. The lowest BCUT2D eigenvalue weighted by atomic mass is 9.59. The third-order valence-corrected chi connectivity index (χ3v) is 12.4. The average molecular weight is 353 g/mol. The van der Waals surface area contributed by atoms with Gasteiger partial charge < -0.3 is 4.43 Å². The number of fused-ring (bicyclic) bond motifs is 1. The Labute approximate surface area is 151 Å². The maximum absolute atomic E-state index is 12.1. The van der Waals surface area contributed by atoms with Crippen molar-refractivity contribution in [2.24, 2.45) is 29.1 Å². The van der Waals surface area contributed by atoms with Gasteiger partial charge in [0, 0.05) is 12.5 Å². The van der Waals surface area contributed by atoms with E-state index in [2.05, 4.69) is 47.7 Å². The number of carbonyl (C=O) groups excluding carboxylic acids is 1. The zero-order chi connectivity index (χ0) is 18.3. The number of Topliss-reactive ketones (excluding diaryl/α,β-unsaturated/α-hetero) is 1. The first-order valence-electron chi connectivity index (χ1n) is 10.0. The van der Waals surface area contributed by atoms with Crippen molar-refractivity contribution in [2.75, 3.05) is 6.61 Å². The van der Waals surface area contributed by atoms with Crippen LogP contribution in [0.5, 0.6) is 0 Å². The molecule has 0 aromatic carbocycles. The summed E-state index contributed by atoms with van der Waals surface area (Å²) in [6.45, 7) is 19.2. The van der Waals surface area contributed by atoms with E-state index in [0.29, 0.717) is 29.0 Å². The highest BCUT2D eigenvalue weighted by atomic mass is 28.4. The third-order valence-electron chi connectivity index (χ3n) is 7.92. The van der Waals surface area contributed by atoms with Gasteiger partial charge in [-0.15, -0.1) is 0 Å². The molecule has 0 aliphatic heterocycles. The van der Waals surface area contributed by atoms with Gasteiger partial charge in [0.05, 0.1) is 0 Å². The molecule has 2 saturated carbocycles. The Morgan fingerprint density at radius 3 is 2.42 bits per heavy atom. The molecular formula is C21H40O2Si. The van der Waals surface area contributed by atoms with E-state index in [1.54, 1.807) is 0 Å². The van der Waals surface area contributed by atoms with Crippen molar-refractivity contribution in [3.63, 3.8) is 0 Å². The first kappa shape index (κ1) is 20.2. The molecule has 140 valence electrons. The van der Waals surface area contributed by atoms with Gasteiger partial charge >= 0.3 is 0 Å². The lowest BCUT2D eigenvalue weighted by molar-refractivity contribution is -0.126. The van der Waals surface area contributed by atoms with Crippen LogP contribution in [-0.4, -0.2) is 20.7 Å². The smallest absolute Gasteiger partial charge is 0.191 e. The molecule has 0 N–H and O–H groups in total. The van der Waals surface area contributed by atoms with Crippen molar-refractivity contribution in [2.45, 2.75) is 91.8 Å². The monoisotopic (exact) mass is 352 g/mol. The minimum Gasteiger partial charge on any atom is -0.417 e. The van der Waals surface area contributed by atoms with Crippen LogP contribution in [0, 0.1) is 29.1 Å². The molecule has 2 nitrogen and oxygen atoms in total. The highest BCUT2D eigenvalue weighted by Crippen LogP contribution is 2.59. The Hall–Kier alpha value is -0.153. The van der Waals surface area contributed by atoms with E-state index >= 15 is 0 Å². The first-order valence-corrected chi connectivity index (χ1v) is 13.0. The number of carbonyl (C=O) groups is 1. The molecule has 0 aromatic rings. The van der Waals surface area contributed by atoms with Crippen LogP contribution in [0.1, 0.15) is 73.6 Å². The summed E-state index contributed by atoms with van der Waals surface area (Å²) in [5.74, 6) is 2.68. The Bertz CT molecular complexity index is 465. The van der Waals surface area contributed by atoms with Crippen LogP contribution in [0.2, 0.25) is 18.1 Å². The molecule has 2 fully saturated rings. The average Bonchev–Trinajstić information content (AvgIpc) is 2.80. The van der Waals surface area contributed by atoms with E-state index in [0.717, 1.165) is 18.9 Å². The third kappa shape index (κ3) is 3.67. The van der Waals surface area contributed by atoms with Gasteiger partial charge in [-0.2, -0.15) is 0 Å². The number of ketones is 1. The van der Waals surface area contributed by atoms with Crippen LogP contribution in [0.4, 0.5) is 0 Å². The first-order chi connectivity index (χ1) is 10.9. The summed E-state index contributed by atoms with van der Waals surface area (Å²) in [5.41, 5.74) is 0.352. The molecule has 0 bridgehead atoms. The van der Waals surface area contributed by atoms with Crippen molar-refractivity contribution in [1.29, 1.82) is 0 Å². The van der Waals surface area contributed by atoms with E-state index in [-0.39, 0.29) is 5.04 Å². The van der Waals surface area contributed by atoms with E-state index in [4.69, 9.17) is 4.43 Å². The highest BCUT2D eigenvalue weighted by Gasteiger charge is 2.53. The maximum Gasteiger partial charge on any atom is 0.191 e. The fourth-order valence-electron chi connectivity index (χ4n) is 5.32. The van der Waals surface area contributed by atoms with E-state index in [1.165, 1.54) is 25.7 Å². The topological polar surface area (TPSA) is 26.3 Å². The van der Waals surface area contributed by atoms with Gasteiger partial charge in [0.25, 0.3) is 0 Å². The van der Waals surface area contributed by atoms with Crippen LogP contribution in [0.25, 0.3) is 0 Å². The van der Waals surface area contributed by atoms with Crippen LogP contribution < -0.4 is 0 Å². The predicted molar refractivity (Wildman–Crippen MR) is 105 cm³/mol. The Kier molecular flexibility index (Phi) is 5.77. The lowest BCUT2D eigenvalue weighted by Gasteiger charge is -2.46. The number of hydrogen-bond donors (Lipinski definition) is 0. The zero-order valence-electron chi connectivity index (χ0n) is 17.4. The van der Waals surface area contributed by atoms with Crippen LogP contribution in [0.3, 0.4) is 0 Å². The van der Waals surface area contributed by atoms with Gasteiger partial charge in [-0.1, -0.05) is 41.0 Å². The van der Waals surface area contributed by atoms with Gasteiger partial charge in [0.1, 0.15) is 5.78 Å². The summed E-state index contributed by atoms with van der Waals surface area (Å²) < 4.78 is 6.54. The molecule has 0 heterocycles. The van der Waals surface area contributed by atoms with Gasteiger partial charge in [0.2, 0.25) is 0 Å². The molecule has 5 atom stereocenters. The fraction of sp³-hybridized carbons (Fsp3) is 0.952. The van der Waals surface area contributed by atoms with E-state index in [9.17, 15) is 4.79 Å². The second-order valence-electron chi connectivity index (χ2n) is 10.5. The second-order valence-corrected chi connectivity index (χ2v) is 15.3. The highest BCUT2D eigenvalue weighted by molar-refractivity contribution is 6.74. The predicted octanol–water partition coefficient (Wildman–Crippen LogP) is 6.07. The van der Waals surface area contributed by atoms with Crippen molar-refractivity contribution in [3.8, 4) is 0 Å². The molecule has 24 heavy (non-hydrogen) atoms. The lowest BCUT2D eigenvalue weighted by Crippen LogP contribution is -2.44. The number of rotatable bonds is 5. The molecular weight excluding hydrogens is 312 g/mol. The fourth-order valence-corrected chi connectivity index (χ4v) is 6.44. The minimum atomic E-state index is -1.67. The SMILES string of the molecule is CC(=O)[C@@H]1CCC[C@]2(C)C(C(C)CO[Si](C)(C)C(C)(C)C)CC[C@@H]12. The summed E-state index contributed by atoms with van der Waals surface area (Å²) in [6, 6.07) is 0. The second kappa shape index (κ2) is 6.87. The van der Waals surface area contributed by atoms with Crippen LogP contribution in [0.15, 0.2) is 0 Å². The molecule has 0 aromatic heterocycles. The Morgan fingerprint density at radius 1 is 1.25 bits per heavy atom. The maximum atomic E-state index is 12.1. The van der Waals surface area contributed by atoms with Crippen molar-refractivity contribution >= 4 is 14.1 Å². The quantitative estimate of drug-likeness (QED) is 0.562.